The Bertz CT molecular complexity index is 1580. The van der Waals surface area contributed by atoms with Crippen LogP contribution in [0.5, 0.6) is 5.75 Å². The van der Waals surface area contributed by atoms with Crippen LogP contribution in [0.25, 0.3) is 22.0 Å². The van der Waals surface area contributed by atoms with E-state index in [4.69, 9.17) is 9.47 Å². The molecule has 0 saturated carbocycles. The molecule has 4 aromatic carbocycles. The summed E-state index contributed by atoms with van der Waals surface area (Å²) in [7, 11) is 0. The third kappa shape index (κ3) is 5.55. The highest BCUT2D eigenvalue weighted by atomic mass is 16.5. The number of amides is 1. The Morgan fingerprint density at radius 2 is 1.58 bits per heavy atom. The van der Waals surface area contributed by atoms with E-state index in [0.29, 0.717) is 34.8 Å². The fourth-order valence-electron chi connectivity index (χ4n) is 4.21. The summed E-state index contributed by atoms with van der Waals surface area (Å²) in [6.45, 7) is 2.52. The van der Waals surface area contributed by atoms with E-state index < -0.39 is 5.97 Å². The minimum Gasteiger partial charge on any atom is -0.493 e. The molecule has 1 amide bonds. The zero-order chi connectivity index (χ0) is 26.3. The molecule has 0 aliphatic heterocycles. The standard InChI is InChI=1S/C32H26N2O4/c1-2-37-28-15-9-14-26(23-12-7-4-8-13-23)30(28)31(35)34-29-19-17-24-20-25(16-18-27(24)33-29)32(36)38-21-22-10-5-3-6-11-22/h3-20H,2,21H2,1H3,(H,33,34,35). The fourth-order valence-corrected chi connectivity index (χ4v) is 4.21. The highest BCUT2D eigenvalue weighted by Crippen LogP contribution is 2.32. The van der Waals surface area contributed by atoms with E-state index in [2.05, 4.69) is 10.3 Å². The maximum Gasteiger partial charge on any atom is 0.338 e. The summed E-state index contributed by atoms with van der Waals surface area (Å²) >= 11 is 0. The van der Waals surface area contributed by atoms with Crippen LogP contribution in [-0.4, -0.2) is 23.5 Å². The molecule has 0 radical (unpaired) electrons. The molecule has 0 saturated heterocycles. The van der Waals surface area contributed by atoms with E-state index in [1.807, 2.05) is 85.8 Å². The van der Waals surface area contributed by atoms with Crippen LogP contribution in [-0.2, 0) is 11.3 Å². The van der Waals surface area contributed by atoms with Crippen molar-refractivity contribution in [1.82, 2.24) is 4.98 Å². The first-order valence-corrected chi connectivity index (χ1v) is 12.4. The van der Waals surface area contributed by atoms with E-state index in [1.54, 1.807) is 30.3 Å². The van der Waals surface area contributed by atoms with Gasteiger partial charge in [-0.05, 0) is 60.0 Å². The molecule has 6 heteroatoms. The van der Waals surface area contributed by atoms with Crippen LogP contribution in [0, 0.1) is 0 Å². The topological polar surface area (TPSA) is 77.5 Å². The van der Waals surface area contributed by atoms with Crippen LogP contribution in [0.4, 0.5) is 5.82 Å². The lowest BCUT2D eigenvalue weighted by atomic mass is 9.98. The van der Waals surface area contributed by atoms with Crippen LogP contribution >= 0.6 is 0 Å². The van der Waals surface area contributed by atoms with Gasteiger partial charge in [0.05, 0.1) is 23.3 Å². The minimum absolute atomic E-state index is 0.203. The summed E-state index contributed by atoms with van der Waals surface area (Å²) in [6.07, 6.45) is 0. The monoisotopic (exact) mass is 502 g/mol. The molecule has 1 aromatic heterocycles. The van der Waals surface area contributed by atoms with Crippen LogP contribution in [0.2, 0.25) is 0 Å². The smallest absolute Gasteiger partial charge is 0.338 e. The highest BCUT2D eigenvalue weighted by molar-refractivity contribution is 6.10. The Balaban J connectivity index is 1.36. The average molecular weight is 503 g/mol. The normalized spacial score (nSPS) is 10.7. The Morgan fingerprint density at radius 1 is 0.816 bits per heavy atom. The van der Waals surface area contributed by atoms with Crippen molar-refractivity contribution in [1.29, 1.82) is 0 Å². The number of ether oxygens (including phenoxy) is 2. The van der Waals surface area contributed by atoms with Gasteiger partial charge in [0.25, 0.3) is 5.91 Å². The number of fused-ring (bicyclic) bond motifs is 1. The van der Waals surface area contributed by atoms with E-state index in [-0.39, 0.29) is 12.5 Å². The number of carbonyl (C=O) groups is 2. The second-order valence-corrected chi connectivity index (χ2v) is 8.60. The van der Waals surface area contributed by atoms with Crippen molar-refractivity contribution < 1.29 is 19.1 Å². The molecule has 38 heavy (non-hydrogen) atoms. The molecule has 1 heterocycles. The Hall–Kier alpha value is -4.97. The lowest BCUT2D eigenvalue weighted by Crippen LogP contribution is -2.16. The number of nitrogens with zero attached hydrogens (tertiary/aromatic N) is 1. The summed E-state index contributed by atoms with van der Waals surface area (Å²) in [5.41, 5.74) is 4.13. The molecule has 0 aliphatic rings. The van der Waals surface area contributed by atoms with Crippen LogP contribution in [0.1, 0.15) is 33.2 Å². The van der Waals surface area contributed by atoms with E-state index in [1.165, 1.54) is 0 Å². The molecule has 0 aliphatic carbocycles. The highest BCUT2D eigenvalue weighted by Gasteiger charge is 2.19. The number of hydrogen-bond donors (Lipinski definition) is 1. The second kappa shape index (κ2) is 11.4. The van der Waals surface area contributed by atoms with Gasteiger partial charge in [0.2, 0.25) is 0 Å². The minimum atomic E-state index is -0.408. The van der Waals surface area contributed by atoms with Crippen molar-refractivity contribution in [3.05, 3.63) is 126 Å². The first kappa shape index (κ1) is 24.7. The maximum absolute atomic E-state index is 13.5. The first-order chi connectivity index (χ1) is 18.6. The van der Waals surface area contributed by atoms with Crippen LogP contribution in [0.15, 0.2) is 109 Å². The average Bonchev–Trinajstić information content (AvgIpc) is 2.96. The van der Waals surface area contributed by atoms with Gasteiger partial charge in [-0.2, -0.15) is 0 Å². The number of carbonyl (C=O) groups excluding carboxylic acids is 2. The van der Waals surface area contributed by atoms with Gasteiger partial charge < -0.3 is 14.8 Å². The summed E-state index contributed by atoms with van der Waals surface area (Å²) in [4.78, 5) is 30.6. The summed E-state index contributed by atoms with van der Waals surface area (Å²) in [5.74, 6) is 0.174. The number of hydrogen-bond acceptors (Lipinski definition) is 5. The molecular formula is C32H26N2O4. The fraction of sp³-hybridized carbons (Fsp3) is 0.0938. The number of esters is 1. The summed E-state index contributed by atoms with van der Waals surface area (Å²) in [5, 5.41) is 3.67. The Labute approximate surface area is 220 Å². The number of nitrogens with one attached hydrogen (secondary N) is 1. The lowest BCUT2D eigenvalue weighted by Gasteiger charge is -2.15. The molecule has 1 N–H and O–H groups in total. The predicted molar refractivity (Wildman–Crippen MR) is 148 cm³/mol. The summed E-state index contributed by atoms with van der Waals surface area (Å²) < 4.78 is 11.2. The molecule has 0 atom stereocenters. The predicted octanol–water partition coefficient (Wildman–Crippen LogP) is 6.91. The van der Waals surface area contributed by atoms with Crippen molar-refractivity contribution in [2.24, 2.45) is 0 Å². The zero-order valence-corrected chi connectivity index (χ0v) is 20.9. The number of pyridine rings is 1. The van der Waals surface area contributed by atoms with Crippen molar-refractivity contribution >= 4 is 28.6 Å². The number of aromatic nitrogens is 1. The van der Waals surface area contributed by atoms with Gasteiger partial charge in [-0.15, -0.1) is 0 Å². The Morgan fingerprint density at radius 3 is 2.34 bits per heavy atom. The van der Waals surface area contributed by atoms with Crippen molar-refractivity contribution in [3.8, 4) is 16.9 Å². The quantitative estimate of drug-likeness (QED) is 0.233. The maximum atomic E-state index is 13.5. The van der Waals surface area contributed by atoms with Gasteiger partial charge in [-0.25, -0.2) is 9.78 Å². The third-order valence-electron chi connectivity index (χ3n) is 6.02. The molecule has 188 valence electrons. The van der Waals surface area contributed by atoms with Gasteiger partial charge in [0, 0.05) is 5.39 Å². The van der Waals surface area contributed by atoms with Gasteiger partial charge in [0.1, 0.15) is 18.2 Å². The zero-order valence-electron chi connectivity index (χ0n) is 20.9. The van der Waals surface area contributed by atoms with Crippen LogP contribution in [0.3, 0.4) is 0 Å². The number of benzene rings is 4. The molecule has 0 bridgehead atoms. The van der Waals surface area contributed by atoms with Gasteiger partial charge >= 0.3 is 5.97 Å². The largest absolute Gasteiger partial charge is 0.493 e. The molecule has 6 nitrogen and oxygen atoms in total. The number of anilines is 1. The van der Waals surface area contributed by atoms with E-state index >= 15 is 0 Å². The van der Waals surface area contributed by atoms with Crippen molar-refractivity contribution in [2.45, 2.75) is 13.5 Å². The molecule has 0 fully saturated rings. The van der Waals surface area contributed by atoms with E-state index in [9.17, 15) is 9.59 Å². The lowest BCUT2D eigenvalue weighted by molar-refractivity contribution is 0.0473. The Kier molecular flexibility index (Phi) is 7.41. The first-order valence-electron chi connectivity index (χ1n) is 12.4. The summed E-state index contributed by atoms with van der Waals surface area (Å²) in [6, 6.07) is 33.5. The molecule has 5 aromatic rings. The third-order valence-corrected chi connectivity index (χ3v) is 6.02. The molecule has 0 spiro atoms. The van der Waals surface area contributed by atoms with Gasteiger partial charge in [0.15, 0.2) is 0 Å². The number of rotatable bonds is 8. The van der Waals surface area contributed by atoms with Crippen LogP contribution < -0.4 is 10.1 Å². The molecule has 0 unspecified atom stereocenters. The molecular weight excluding hydrogens is 476 g/mol. The van der Waals surface area contributed by atoms with Crippen molar-refractivity contribution in [2.75, 3.05) is 11.9 Å². The van der Waals surface area contributed by atoms with Gasteiger partial charge in [-0.1, -0.05) is 72.8 Å². The van der Waals surface area contributed by atoms with Crippen molar-refractivity contribution in [3.63, 3.8) is 0 Å². The SMILES string of the molecule is CCOc1cccc(-c2ccccc2)c1C(=O)Nc1ccc2cc(C(=O)OCc3ccccc3)ccc2n1. The van der Waals surface area contributed by atoms with E-state index in [0.717, 1.165) is 22.1 Å². The van der Waals surface area contributed by atoms with Gasteiger partial charge in [-0.3, -0.25) is 4.79 Å². The second-order valence-electron chi connectivity index (χ2n) is 8.60. The molecule has 5 rings (SSSR count).